The molecule has 2 aliphatic rings. The summed E-state index contributed by atoms with van der Waals surface area (Å²) in [7, 11) is 0. The van der Waals surface area contributed by atoms with E-state index in [9.17, 15) is 4.79 Å². The molecule has 5 rings (SSSR count). The van der Waals surface area contributed by atoms with Gasteiger partial charge in [0.05, 0.1) is 12.2 Å². The first kappa shape index (κ1) is 17.2. The van der Waals surface area contributed by atoms with Gasteiger partial charge in [0.2, 0.25) is 0 Å². The molecule has 0 spiro atoms. The quantitative estimate of drug-likeness (QED) is 0.713. The molecular formula is C21H23N5O2. The topological polar surface area (TPSA) is 85.8 Å². The summed E-state index contributed by atoms with van der Waals surface area (Å²) < 4.78 is 7.33. The van der Waals surface area contributed by atoms with Gasteiger partial charge in [-0.05, 0) is 50.7 Å². The zero-order valence-corrected chi connectivity index (χ0v) is 15.7. The molecule has 3 aromatic rings. The Balaban J connectivity index is 1.28. The highest BCUT2D eigenvalue weighted by Gasteiger charge is 2.29. The van der Waals surface area contributed by atoms with Gasteiger partial charge in [0.15, 0.2) is 5.69 Å². The van der Waals surface area contributed by atoms with Crippen molar-refractivity contribution < 1.29 is 9.32 Å². The first-order valence-corrected chi connectivity index (χ1v) is 10.0. The SMILES string of the molecule is O=C(NCCn1nc(-c2ccncc2)c2c1CCCC2)c1cc(C2CC2)on1. The Morgan fingerprint density at radius 1 is 1.21 bits per heavy atom. The van der Waals surface area contributed by atoms with E-state index < -0.39 is 0 Å². The first-order chi connectivity index (χ1) is 13.8. The van der Waals surface area contributed by atoms with E-state index in [4.69, 9.17) is 9.62 Å². The number of hydrogen-bond acceptors (Lipinski definition) is 5. The van der Waals surface area contributed by atoms with Gasteiger partial charge >= 0.3 is 0 Å². The summed E-state index contributed by atoms with van der Waals surface area (Å²) in [6.07, 6.45) is 10.3. The van der Waals surface area contributed by atoms with Crippen molar-refractivity contribution in [1.29, 1.82) is 0 Å². The molecule has 7 heteroatoms. The van der Waals surface area contributed by atoms with Crippen LogP contribution in [0.2, 0.25) is 0 Å². The molecule has 1 saturated carbocycles. The van der Waals surface area contributed by atoms with E-state index in [2.05, 4.69) is 20.1 Å². The zero-order valence-electron chi connectivity index (χ0n) is 15.7. The summed E-state index contributed by atoms with van der Waals surface area (Å²) in [5.74, 6) is 1.09. The molecule has 144 valence electrons. The van der Waals surface area contributed by atoms with Gasteiger partial charge in [-0.2, -0.15) is 5.10 Å². The molecule has 1 N–H and O–H groups in total. The van der Waals surface area contributed by atoms with Gasteiger partial charge in [-0.3, -0.25) is 14.5 Å². The minimum absolute atomic E-state index is 0.189. The van der Waals surface area contributed by atoms with Crippen LogP contribution < -0.4 is 5.32 Å². The Morgan fingerprint density at radius 3 is 2.86 bits per heavy atom. The minimum Gasteiger partial charge on any atom is -0.360 e. The molecule has 0 bridgehead atoms. The molecule has 0 saturated heterocycles. The Morgan fingerprint density at radius 2 is 2.04 bits per heavy atom. The fourth-order valence-electron chi connectivity index (χ4n) is 3.92. The van der Waals surface area contributed by atoms with Crippen LogP contribution in [0.1, 0.15) is 59.1 Å². The second-order valence-corrected chi connectivity index (χ2v) is 7.58. The number of nitrogens with one attached hydrogen (secondary N) is 1. The van der Waals surface area contributed by atoms with Gasteiger partial charge in [0.25, 0.3) is 5.91 Å². The van der Waals surface area contributed by atoms with Crippen molar-refractivity contribution >= 4 is 5.91 Å². The summed E-state index contributed by atoms with van der Waals surface area (Å²) in [5, 5.41) is 11.7. The highest BCUT2D eigenvalue weighted by Crippen LogP contribution is 2.40. The standard InChI is InChI=1S/C21H23N5O2/c27-21(17-13-19(28-25-17)14-5-6-14)23-11-12-26-18-4-2-1-3-16(18)20(24-26)15-7-9-22-10-8-15/h7-10,13-14H,1-6,11-12H2,(H,23,27). The predicted molar refractivity (Wildman–Crippen MR) is 103 cm³/mol. The average Bonchev–Trinajstić information content (AvgIpc) is 3.35. The third kappa shape index (κ3) is 3.32. The number of carbonyl (C=O) groups excluding carboxylic acids is 1. The second kappa shape index (κ2) is 7.22. The number of carbonyl (C=O) groups is 1. The number of aromatic nitrogens is 4. The molecule has 0 aliphatic heterocycles. The van der Waals surface area contributed by atoms with E-state index in [1.807, 2.05) is 12.1 Å². The fourth-order valence-corrected chi connectivity index (χ4v) is 3.92. The molecule has 2 aliphatic carbocycles. The van der Waals surface area contributed by atoms with Crippen molar-refractivity contribution in [3.05, 3.63) is 53.3 Å². The third-order valence-electron chi connectivity index (χ3n) is 5.56. The van der Waals surface area contributed by atoms with Gasteiger partial charge in [-0.25, -0.2) is 0 Å². The number of amides is 1. The van der Waals surface area contributed by atoms with Crippen LogP contribution >= 0.6 is 0 Å². The number of rotatable bonds is 6. The van der Waals surface area contributed by atoms with Crippen LogP contribution in [0.4, 0.5) is 0 Å². The molecule has 1 fully saturated rings. The molecule has 7 nitrogen and oxygen atoms in total. The molecule has 0 aromatic carbocycles. The monoisotopic (exact) mass is 377 g/mol. The number of hydrogen-bond donors (Lipinski definition) is 1. The van der Waals surface area contributed by atoms with Gasteiger partial charge in [-0.1, -0.05) is 5.16 Å². The Bertz CT molecular complexity index is 988. The summed E-state index contributed by atoms with van der Waals surface area (Å²) in [6, 6.07) is 5.78. The summed E-state index contributed by atoms with van der Waals surface area (Å²) in [4.78, 5) is 16.4. The van der Waals surface area contributed by atoms with Crippen molar-refractivity contribution in [2.24, 2.45) is 0 Å². The summed E-state index contributed by atoms with van der Waals surface area (Å²) >= 11 is 0. The van der Waals surface area contributed by atoms with Crippen molar-refractivity contribution in [3.63, 3.8) is 0 Å². The lowest BCUT2D eigenvalue weighted by molar-refractivity contribution is 0.0942. The maximum atomic E-state index is 12.3. The van der Waals surface area contributed by atoms with E-state index >= 15 is 0 Å². The van der Waals surface area contributed by atoms with Crippen molar-refractivity contribution in [1.82, 2.24) is 25.2 Å². The van der Waals surface area contributed by atoms with Crippen LogP contribution in [0, 0.1) is 0 Å². The Kier molecular flexibility index (Phi) is 4.43. The van der Waals surface area contributed by atoms with Crippen molar-refractivity contribution in [3.8, 4) is 11.3 Å². The van der Waals surface area contributed by atoms with Gasteiger partial charge in [0, 0.05) is 47.7 Å². The van der Waals surface area contributed by atoms with Crippen LogP contribution in [0.5, 0.6) is 0 Å². The lowest BCUT2D eigenvalue weighted by Crippen LogP contribution is -2.28. The van der Waals surface area contributed by atoms with E-state index in [0.29, 0.717) is 24.7 Å². The van der Waals surface area contributed by atoms with Crippen LogP contribution in [0.25, 0.3) is 11.3 Å². The number of nitrogens with zero attached hydrogens (tertiary/aromatic N) is 4. The molecule has 0 atom stereocenters. The predicted octanol–water partition coefficient (Wildman–Crippen LogP) is 3.12. The molecule has 0 radical (unpaired) electrons. The zero-order chi connectivity index (χ0) is 18.9. The van der Waals surface area contributed by atoms with Crippen LogP contribution in [0.3, 0.4) is 0 Å². The highest BCUT2D eigenvalue weighted by atomic mass is 16.5. The first-order valence-electron chi connectivity index (χ1n) is 10.0. The third-order valence-corrected chi connectivity index (χ3v) is 5.56. The van der Waals surface area contributed by atoms with Crippen molar-refractivity contribution in [2.75, 3.05) is 6.54 Å². The molecule has 0 unspecified atom stereocenters. The normalized spacial score (nSPS) is 16.0. The summed E-state index contributed by atoms with van der Waals surface area (Å²) in [5.41, 5.74) is 5.15. The molecule has 28 heavy (non-hydrogen) atoms. The van der Waals surface area contributed by atoms with E-state index in [1.54, 1.807) is 18.5 Å². The summed E-state index contributed by atoms with van der Waals surface area (Å²) in [6.45, 7) is 1.15. The van der Waals surface area contributed by atoms with E-state index in [1.165, 1.54) is 24.1 Å². The highest BCUT2D eigenvalue weighted by molar-refractivity contribution is 5.92. The number of fused-ring (bicyclic) bond motifs is 1. The molecule has 1 amide bonds. The largest absolute Gasteiger partial charge is 0.360 e. The Hall–Kier alpha value is -2.96. The molecule has 3 heterocycles. The van der Waals surface area contributed by atoms with Crippen LogP contribution in [0.15, 0.2) is 35.1 Å². The van der Waals surface area contributed by atoms with Gasteiger partial charge < -0.3 is 9.84 Å². The van der Waals surface area contributed by atoms with Crippen molar-refractivity contribution in [2.45, 2.75) is 51.0 Å². The molecule has 3 aromatic heterocycles. The maximum Gasteiger partial charge on any atom is 0.273 e. The molecular weight excluding hydrogens is 354 g/mol. The maximum absolute atomic E-state index is 12.3. The van der Waals surface area contributed by atoms with Gasteiger partial charge in [-0.15, -0.1) is 0 Å². The fraction of sp³-hybridized carbons (Fsp3) is 0.429. The Labute approximate surface area is 163 Å². The smallest absolute Gasteiger partial charge is 0.273 e. The average molecular weight is 377 g/mol. The second-order valence-electron chi connectivity index (χ2n) is 7.58. The van der Waals surface area contributed by atoms with Crippen LogP contribution in [-0.4, -0.2) is 32.4 Å². The number of pyridine rings is 1. The van der Waals surface area contributed by atoms with Crippen LogP contribution in [-0.2, 0) is 19.4 Å². The van der Waals surface area contributed by atoms with Gasteiger partial charge in [0.1, 0.15) is 5.76 Å². The minimum atomic E-state index is -0.189. The lowest BCUT2D eigenvalue weighted by atomic mass is 9.94. The van der Waals surface area contributed by atoms with E-state index in [-0.39, 0.29) is 5.91 Å². The lowest BCUT2D eigenvalue weighted by Gasteiger charge is -2.14. The van der Waals surface area contributed by atoms with E-state index in [0.717, 1.165) is 42.7 Å².